The summed E-state index contributed by atoms with van der Waals surface area (Å²) in [6, 6.07) is 17.6. The third kappa shape index (κ3) is 2.82. The molecule has 2 heteroatoms. The van der Waals surface area contributed by atoms with Gasteiger partial charge in [-0.1, -0.05) is 0 Å². The molecule has 1 heterocycles. The van der Waals surface area contributed by atoms with Crippen LogP contribution in [0.25, 0.3) is 5.57 Å². The molecule has 2 aromatic rings. The van der Waals surface area contributed by atoms with Crippen LogP contribution < -0.4 is 14.2 Å². The SMILES string of the molecule is CC1=CC(C)(C)Nc2ccc([Se]c3ccccc3)cc21. The van der Waals surface area contributed by atoms with E-state index in [4.69, 9.17) is 0 Å². The Balaban J connectivity index is 1.93. The van der Waals surface area contributed by atoms with Crippen molar-refractivity contribution in [3.63, 3.8) is 0 Å². The number of fused-ring (bicyclic) bond motifs is 1. The van der Waals surface area contributed by atoms with Crippen molar-refractivity contribution >= 4 is 35.1 Å². The van der Waals surface area contributed by atoms with Gasteiger partial charge in [0.25, 0.3) is 0 Å². The molecule has 0 amide bonds. The van der Waals surface area contributed by atoms with Crippen molar-refractivity contribution in [2.45, 2.75) is 26.3 Å². The van der Waals surface area contributed by atoms with Crippen LogP contribution in [-0.4, -0.2) is 20.5 Å². The van der Waals surface area contributed by atoms with Gasteiger partial charge in [-0.25, -0.2) is 0 Å². The zero-order valence-electron chi connectivity index (χ0n) is 12.1. The molecular formula is C18H19NSe. The fourth-order valence-corrected chi connectivity index (χ4v) is 4.49. The molecule has 3 rings (SSSR count). The van der Waals surface area contributed by atoms with E-state index in [2.05, 4.69) is 80.7 Å². The summed E-state index contributed by atoms with van der Waals surface area (Å²) in [7, 11) is 0. The average Bonchev–Trinajstić information content (AvgIpc) is 2.40. The van der Waals surface area contributed by atoms with Gasteiger partial charge < -0.3 is 0 Å². The van der Waals surface area contributed by atoms with Crippen LogP contribution in [0.1, 0.15) is 26.3 Å². The Hall–Kier alpha value is -1.50. The van der Waals surface area contributed by atoms with Crippen LogP contribution in [0.3, 0.4) is 0 Å². The van der Waals surface area contributed by atoms with Crippen LogP contribution in [0, 0.1) is 0 Å². The number of benzene rings is 2. The van der Waals surface area contributed by atoms with Gasteiger partial charge in [-0.3, -0.25) is 0 Å². The average molecular weight is 328 g/mol. The Kier molecular flexibility index (Phi) is 3.45. The number of nitrogens with one attached hydrogen (secondary N) is 1. The summed E-state index contributed by atoms with van der Waals surface area (Å²) in [5, 5.41) is 3.59. The molecule has 2 aromatic carbocycles. The molecule has 1 nitrogen and oxygen atoms in total. The molecule has 0 atom stereocenters. The zero-order valence-corrected chi connectivity index (χ0v) is 13.8. The number of rotatable bonds is 2. The van der Waals surface area contributed by atoms with Crippen LogP contribution in [0.5, 0.6) is 0 Å². The fraction of sp³-hybridized carbons (Fsp3) is 0.222. The summed E-state index contributed by atoms with van der Waals surface area (Å²) in [4.78, 5) is 0. The van der Waals surface area contributed by atoms with Gasteiger partial charge in [0.15, 0.2) is 0 Å². The second kappa shape index (κ2) is 5.12. The van der Waals surface area contributed by atoms with Gasteiger partial charge in [0.1, 0.15) is 0 Å². The quantitative estimate of drug-likeness (QED) is 0.836. The summed E-state index contributed by atoms with van der Waals surface area (Å²) in [6.07, 6.45) is 2.31. The summed E-state index contributed by atoms with van der Waals surface area (Å²) in [6.45, 7) is 6.63. The van der Waals surface area contributed by atoms with E-state index in [1.165, 1.54) is 25.7 Å². The van der Waals surface area contributed by atoms with Crippen molar-refractivity contribution in [1.29, 1.82) is 0 Å². The van der Waals surface area contributed by atoms with E-state index in [1.807, 2.05) is 0 Å². The van der Waals surface area contributed by atoms with Gasteiger partial charge in [0.2, 0.25) is 0 Å². The standard InChI is InChI=1S/C18H19NSe/c1-13-12-18(2,3)19-17-10-9-15(11-16(13)17)20-14-7-5-4-6-8-14/h4-12,19H,1-3H3. The third-order valence-electron chi connectivity index (χ3n) is 3.43. The Morgan fingerprint density at radius 1 is 0.950 bits per heavy atom. The second-order valence-corrected chi connectivity index (χ2v) is 8.20. The van der Waals surface area contributed by atoms with Crippen molar-refractivity contribution in [3.8, 4) is 0 Å². The summed E-state index contributed by atoms with van der Waals surface area (Å²) in [5.41, 5.74) is 4.01. The fourth-order valence-electron chi connectivity index (χ4n) is 2.65. The summed E-state index contributed by atoms with van der Waals surface area (Å²) < 4.78 is 2.85. The molecule has 1 N–H and O–H groups in total. The molecule has 0 aromatic heterocycles. The molecule has 1 aliphatic heterocycles. The van der Waals surface area contributed by atoms with Gasteiger partial charge in [0, 0.05) is 0 Å². The maximum atomic E-state index is 3.59. The van der Waals surface area contributed by atoms with E-state index in [9.17, 15) is 0 Å². The van der Waals surface area contributed by atoms with E-state index in [0.717, 1.165) is 0 Å². The third-order valence-corrected chi connectivity index (χ3v) is 5.52. The Morgan fingerprint density at radius 2 is 1.70 bits per heavy atom. The maximum absolute atomic E-state index is 3.59. The van der Waals surface area contributed by atoms with E-state index < -0.39 is 0 Å². The van der Waals surface area contributed by atoms with E-state index >= 15 is 0 Å². The van der Waals surface area contributed by atoms with E-state index in [0.29, 0.717) is 15.0 Å². The van der Waals surface area contributed by atoms with Gasteiger partial charge in [-0.15, -0.1) is 0 Å². The van der Waals surface area contributed by atoms with Crippen LogP contribution in [0.2, 0.25) is 0 Å². The topological polar surface area (TPSA) is 12.0 Å². The first-order valence-electron chi connectivity index (χ1n) is 6.88. The molecule has 0 spiro atoms. The van der Waals surface area contributed by atoms with Crippen molar-refractivity contribution < 1.29 is 0 Å². The molecule has 0 aliphatic carbocycles. The van der Waals surface area contributed by atoms with E-state index in [1.54, 1.807) is 0 Å². The molecular weight excluding hydrogens is 309 g/mol. The first-order valence-corrected chi connectivity index (χ1v) is 8.60. The van der Waals surface area contributed by atoms with Gasteiger partial charge in [-0.2, -0.15) is 0 Å². The zero-order chi connectivity index (χ0) is 14.2. The Morgan fingerprint density at radius 3 is 2.45 bits per heavy atom. The van der Waals surface area contributed by atoms with Crippen LogP contribution in [0.4, 0.5) is 5.69 Å². The molecule has 0 saturated carbocycles. The Labute approximate surface area is 127 Å². The summed E-state index contributed by atoms with van der Waals surface area (Å²) in [5.74, 6) is 0. The molecule has 0 unspecified atom stereocenters. The Bertz CT molecular complexity index is 656. The minimum atomic E-state index is 0.0448. The molecule has 1 aliphatic rings. The minimum absolute atomic E-state index is 0.0448. The molecule has 0 saturated heterocycles. The second-order valence-electron chi connectivity index (χ2n) is 5.80. The number of hydrogen-bond donors (Lipinski definition) is 1. The van der Waals surface area contributed by atoms with Crippen LogP contribution >= 0.6 is 0 Å². The first-order chi connectivity index (χ1) is 9.53. The first kappa shape index (κ1) is 13.5. The summed E-state index contributed by atoms with van der Waals surface area (Å²) >= 11 is 0.379. The van der Waals surface area contributed by atoms with Gasteiger partial charge in [-0.05, 0) is 0 Å². The molecule has 0 radical (unpaired) electrons. The van der Waals surface area contributed by atoms with Crippen LogP contribution in [-0.2, 0) is 0 Å². The molecule has 20 heavy (non-hydrogen) atoms. The van der Waals surface area contributed by atoms with Crippen LogP contribution in [0.15, 0.2) is 54.6 Å². The van der Waals surface area contributed by atoms with Crippen molar-refractivity contribution in [2.24, 2.45) is 0 Å². The van der Waals surface area contributed by atoms with Crippen molar-refractivity contribution in [1.82, 2.24) is 0 Å². The van der Waals surface area contributed by atoms with E-state index in [-0.39, 0.29) is 5.54 Å². The number of hydrogen-bond acceptors (Lipinski definition) is 1. The molecule has 0 fully saturated rings. The predicted molar refractivity (Wildman–Crippen MR) is 89.3 cm³/mol. The van der Waals surface area contributed by atoms with Crippen molar-refractivity contribution in [2.75, 3.05) is 5.32 Å². The molecule has 0 bridgehead atoms. The monoisotopic (exact) mass is 329 g/mol. The number of allylic oxidation sites excluding steroid dienone is 1. The van der Waals surface area contributed by atoms with Crippen molar-refractivity contribution in [3.05, 3.63) is 60.2 Å². The predicted octanol–water partition coefficient (Wildman–Crippen LogP) is 2.95. The molecule has 102 valence electrons. The van der Waals surface area contributed by atoms with Gasteiger partial charge in [0.05, 0.1) is 0 Å². The van der Waals surface area contributed by atoms with Gasteiger partial charge >= 0.3 is 127 Å². The normalized spacial score (nSPS) is 16.1. The number of anilines is 1.